The Balaban J connectivity index is 1.76. The minimum absolute atomic E-state index is 0.165. The summed E-state index contributed by atoms with van der Waals surface area (Å²) < 4.78 is 6.33. The average molecular weight is 355 g/mol. The number of benzene rings is 1. The van der Waals surface area contributed by atoms with Crippen molar-refractivity contribution in [3.8, 4) is 0 Å². The Hall–Kier alpha value is -1.07. The summed E-state index contributed by atoms with van der Waals surface area (Å²) in [5, 5.41) is 6.42. The van der Waals surface area contributed by atoms with Crippen molar-refractivity contribution in [1.82, 2.24) is 10.6 Å². The van der Waals surface area contributed by atoms with Crippen molar-refractivity contribution in [3.05, 3.63) is 34.3 Å². The van der Waals surface area contributed by atoms with E-state index in [1.54, 1.807) is 0 Å². The van der Waals surface area contributed by atoms with Crippen LogP contribution in [0, 0.1) is 0 Å². The maximum atomic E-state index is 11.7. The van der Waals surface area contributed by atoms with E-state index in [1.165, 1.54) is 5.56 Å². The number of carbonyl (C=O) groups is 1. The van der Waals surface area contributed by atoms with Crippen LogP contribution in [0.15, 0.2) is 28.7 Å². The standard InChI is InChI=1S/C16H23BrN2O2/c1-10(11-5-7-12(17)8-6-11)18-13-9-14(13)19-15(20)21-16(2,3)4/h5-8,10,13-14,18H,9H2,1-4H3,(H,19,20). The van der Waals surface area contributed by atoms with Crippen LogP contribution in [0.2, 0.25) is 0 Å². The highest BCUT2D eigenvalue weighted by Gasteiger charge is 2.39. The lowest BCUT2D eigenvalue weighted by atomic mass is 10.1. The summed E-state index contributed by atoms with van der Waals surface area (Å²) >= 11 is 3.44. The van der Waals surface area contributed by atoms with Crippen LogP contribution in [0.5, 0.6) is 0 Å². The third-order valence-electron chi connectivity index (χ3n) is 3.33. The van der Waals surface area contributed by atoms with Gasteiger partial charge in [-0.05, 0) is 51.8 Å². The Morgan fingerprint density at radius 2 is 1.90 bits per heavy atom. The van der Waals surface area contributed by atoms with E-state index in [0.29, 0.717) is 6.04 Å². The van der Waals surface area contributed by atoms with Crippen molar-refractivity contribution in [3.63, 3.8) is 0 Å². The number of alkyl carbamates (subject to hydrolysis) is 1. The lowest BCUT2D eigenvalue weighted by Gasteiger charge is -2.20. The van der Waals surface area contributed by atoms with Gasteiger partial charge in [0.2, 0.25) is 0 Å². The monoisotopic (exact) mass is 354 g/mol. The second-order valence-electron chi connectivity index (χ2n) is 6.53. The van der Waals surface area contributed by atoms with Crippen molar-refractivity contribution >= 4 is 22.0 Å². The average Bonchev–Trinajstić information content (AvgIpc) is 3.05. The van der Waals surface area contributed by atoms with Crippen LogP contribution in [-0.2, 0) is 4.74 Å². The van der Waals surface area contributed by atoms with Gasteiger partial charge in [0.25, 0.3) is 0 Å². The molecule has 1 amide bonds. The second kappa shape index (κ2) is 6.36. The molecule has 1 aromatic rings. The summed E-state index contributed by atoms with van der Waals surface area (Å²) in [5.74, 6) is 0. The molecule has 2 N–H and O–H groups in total. The molecule has 1 fully saturated rings. The molecule has 0 aromatic heterocycles. The third-order valence-corrected chi connectivity index (χ3v) is 3.86. The highest BCUT2D eigenvalue weighted by Crippen LogP contribution is 2.26. The van der Waals surface area contributed by atoms with Gasteiger partial charge in [0.05, 0.1) is 0 Å². The van der Waals surface area contributed by atoms with Crippen LogP contribution in [0.3, 0.4) is 0 Å². The first kappa shape index (κ1) is 16.3. The van der Waals surface area contributed by atoms with Crippen molar-refractivity contribution in [2.45, 2.75) is 57.8 Å². The van der Waals surface area contributed by atoms with E-state index in [4.69, 9.17) is 4.74 Å². The smallest absolute Gasteiger partial charge is 0.407 e. The molecule has 5 heteroatoms. The minimum atomic E-state index is -0.452. The summed E-state index contributed by atoms with van der Waals surface area (Å²) in [5.41, 5.74) is 0.785. The molecule has 2 rings (SSSR count). The summed E-state index contributed by atoms with van der Waals surface area (Å²) in [6, 6.07) is 9.01. The number of hydrogen-bond donors (Lipinski definition) is 2. The molecule has 0 spiro atoms. The van der Waals surface area contributed by atoms with E-state index in [1.807, 2.05) is 32.9 Å². The summed E-state index contributed by atoms with van der Waals surface area (Å²) in [6.45, 7) is 7.73. The third kappa shape index (κ3) is 5.32. The number of ether oxygens (including phenoxy) is 1. The lowest BCUT2D eigenvalue weighted by molar-refractivity contribution is 0.0522. The molecule has 0 heterocycles. The van der Waals surface area contributed by atoms with E-state index in [9.17, 15) is 4.79 Å². The van der Waals surface area contributed by atoms with Gasteiger partial charge in [0, 0.05) is 22.6 Å². The fourth-order valence-electron chi connectivity index (χ4n) is 2.17. The van der Waals surface area contributed by atoms with Gasteiger partial charge < -0.3 is 15.4 Å². The highest BCUT2D eigenvalue weighted by atomic mass is 79.9. The van der Waals surface area contributed by atoms with Crippen molar-refractivity contribution in [2.24, 2.45) is 0 Å². The lowest BCUT2D eigenvalue weighted by Crippen LogP contribution is -2.37. The van der Waals surface area contributed by atoms with Crippen LogP contribution in [0.1, 0.15) is 45.7 Å². The largest absolute Gasteiger partial charge is 0.444 e. The molecule has 0 bridgehead atoms. The first-order chi connectivity index (χ1) is 9.74. The number of halogens is 1. The number of rotatable bonds is 4. The van der Waals surface area contributed by atoms with Crippen molar-refractivity contribution in [1.29, 1.82) is 0 Å². The maximum absolute atomic E-state index is 11.7. The van der Waals surface area contributed by atoms with Crippen LogP contribution in [0.4, 0.5) is 4.79 Å². The zero-order valence-corrected chi connectivity index (χ0v) is 14.5. The van der Waals surface area contributed by atoms with Gasteiger partial charge in [-0.15, -0.1) is 0 Å². The first-order valence-corrected chi connectivity index (χ1v) is 8.05. The quantitative estimate of drug-likeness (QED) is 0.865. The van der Waals surface area contributed by atoms with E-state index in [0.717, 1.165) is 10.9 Å². The fourth-order valence-corrected chi connectivity index (χ4v) is 2.43. The van der Waals surface area contributed by atoms with Gasteiger partial charge in [-0.3, -0.25) is 0 Å². The molecule has 4 nitrogen and oxygen atoms in total. The molecular weight excluding hydrogens is 332 g/mol. The molecule has 116 valence electrons. The zero-order valence-electron chi connectivity index (χ0n) is 12.9. The molecule has 1 aliphatic rings. The van der Waals surface area contributed by atoms with Crippen molar-refractivity contribution in [2.75, 3.05) is 0 Å². The summed E-state index contributed by atoms with van der Waals surface area (Å²) in [7, 11) is 0. The van der Waals surface area contributed by atoms with Crippen LogP contribution in [0.25, 0.3) is 0 Å². The first-order valence-electron chi connectivity index (χ1n) is 7.25. The number of amides is 1. The van der Waals surface area contributed by atoms with E-state index in [2.05, 4.69) is 45.6 Å². The van der Waals surface area contributed by atoms with Gasteiger partial charge in [0.15, 0.2) is 0 Å². The fraction of sp³-hybridized carbons (Fsp3) is 0.562. The number of nitrogens with one attached hydrogen (secondary N) is 2. The molecule has 0 aliphatic heterocycles. The summed E-state index contributed by atoms with van der Waals surface area (Å²) in [4.78, 5) is 11.7. The van der Waals surface area contributed by atoms with Crippen molar-refractivity contribution < 1.29 is 9.53 Å². The predicted octanol–water partition coefficient (Wildman–Crippen LogP) is 3.77. The molecular formula is C16H23BrN2O2. The van der Waals surface area contributed by atoms with Gasteiger partial charge in [-0.25, -0.2) is 4.79 Å². The van der Waals surface area contributed by atoms with Gasteiger partial charge in [0.1, 0.15) is 5.60 Å². The summed E-state index contributed by atoms with van der Waals surface area (Å²) in [6.07, 6.45) is 0.605. The molecule has 1 aliphatic carbocycles. The highest BCUT2D eigenvalue weighted by molar-refractivity contribution is 9.10. The maximum Gasteiger partial charge on any atom is 0.407 e. The van der Waals surface area contributed by atoms with E-state index >= 15 is 0 Å². The van der Waals surface area contributed by atoms with Crippen LogP contribution >= 0.6 is 15.9 Å². The normalized spacial score (nSPS) is 22.5. The molecule has 0 radical (unpaired) electrons. The minimum Gasteiger partial charge on any atom is -0.444 e. The Morgan fingerprint density at radius 1 is 1.29 bits per heavy atom. The second-order valence-corrected chi connectivity index (χ2v) is 7.45. The van der Waals surface area contributed by atoms with Gasteiger partial charge >= 0.3 is 6.09 Å². The Bertz CT molecular complexity index is 496. The molecule has 3 unspecified atom stereocenters. The Labute approximate surface area is 134 Å². The molecule has 1 aromatic carbocycles. The van der Waals surface area contributed by atoms with E-state index < -0.39 is 5.60 Å². The zero-order chi connectivity index (χ0) is 15.6. The predicted molar refractivity (Wildman–Crippen MR) is 87.3 cm³/mol. The van der Waals surface area contributed by atoms with Gasteiger partial charge in [-0.1, -0.05) is 28.1 Å². The van der Waals surface area contributed by atoms with Gasteiger partial charge in [-0.2, -0.15) is 0 Å². The number of hydrogen-bond acceptors (Lipinski definition) is 3. The molecule has 0 saturated heterocycles. The topological polar surface area (TPSA) is 50.4 Å². The molecule has 21 heavy (non-hydrogen) atoms. The number of carbonyl (C=O) groups excluding carboxylic acids is 1. The molecule has 1 saturated carbocycles. The molecule has 3 atom stereocenters. The van der Waals surface area contributed by atoms with Crippen LogP contribution in [-0.4, -0.2) is 23.8 Å². The Kier molecular flexibility index (Phi) is 4.94. The Morgan fingerprint density at radius 3 is 2.48 bits per heavy atom. The van der Waals surface area contributed by atoms with E-state index in [-0.39, 0.29) is 18.2 Å². The SMILES string of the molecule is CC(NC1CC1NC(=O)OC(C)(C)C)c1ccc(Br)cc1. The van der Waals surface area contributed by atoms with Crippen LogP contribution < -0.4 is 10.6 Å².